The number of aromatic nitrogens is 1. The predicted octanol–water partition coefficient (Wildman–Crippen LogP) is -0.415. The van der Waals surface area contributed by atoms with Crippen LogP contribution >= 0.6 is 12.4 Å². The van der Waals surface area contributed by atoms with Gasteiger partial charge in [0.05, 0.1) is 32.0 Å². The van der Waals surface area contributed by atoms with Gasteiger partial charge in [0.1, 0.15) is 24.4 Å². The number of ether oxygens (including phenoxy) is 2. The zero-order valence-corrected chi connectivity index (χ0v) is 27.4. The van der Waals surface area contributed by atoms with Gasteiger partial charge in [0.15, 0.2) is 0 Å². The maximum Gasteiger partial charge on any atom is 0.323 e. The largest absolute Gasteiger partial charge is 0.497 e. The minimum Gasteiger partial charge on any atom is -0.497 e. The van der Waals surface area contributed by atoms with Gasteiger partial charge in [0, 0.05) is 57.3 Å². The third-order valence-corrected chi connectivity index (χ3v) is 9.27. The number of esters is 1. The van der Waals surface area contributed by atoms with Crippen LogP contribution < -0.4 is 14.4 Å². The molecule has 1 aromatic heterocycles. The standard InChI is InChI=1S/C29H36N6O10S.ClH/c1-44-21-3-5-22(6-4-21)46(42,43)31-23(17-25(36)33-13-11-32(12-14-33)20-7-9-30-10-8-20)28(40)35-16-15-34(19-26(37)38)29(41)24(35)18-27(39)45-2;/h3-10,23-24,31H,11-19H2,1-2H3,(H,37,38);1H/t23-,24-;/m0./s1. The highest BCUT2D eigenvalue weighted by molar-refractivity contribution is 7.89. The number of carboxylic acid groups (broad SMARTS) is 1. The fraction of sp³-hybridized carbons (Fsp3) is 0.448. The Balaban J connectivity index is 0.00000600. The van der Waals surface area contributed by atoms with E-state index in [2.05, 4.69) is 14.6 Å². The Bertz CT molecular complexity index is 1540. The van der Waals surface area contributed by atoms with Gasteiger partial charge in [0.2, 0.25) is 27.7 Å². The van der Waals surface area contributed by atoms with E-state index in [9.17, 15) is 37.5 Å². The number of piperazine rings is 2. The number of rotatable bonds is 12. The first-order valence-electron chi connectivity index (χ1n) is 14.4. The minimum atomic E-state index is -4.38. The van der Waals surface area contributed by atoms with Gasteiger partial charge in [-0.3, -0.25) is 29.0 Å². The van der Waals surface area contributed by atoms with Crippen LogP contribution in [0.2, 0.25) is 0 Å². The number of carbonyl (C=O) groups is 5. The number of hydrogen-bond donors (Lipinski definition) is 2. The number of methoxy groups -OCH3 is 2. The molecule has 1 aromatic carbocycles. The number of benzene rings is 1. The minimum absolute atomic E-state index is 0. The second-order valence-electron chi connectivity index (χ2n) is 10.6. The first-order chi connectivity index (χ1) is 21.9. The molecule has 2 aromatic rings. The van der Waals surface area contributed by atoms with E-state index in [0.29, 0.717) is 31.9 Å². The lowest BCUT2D eigenvalue weighted by Crippen LogP contribution is -2.63. The zero-order chi connectivity index (χ0) is 33.4. The molecule has 4 rings (SSSR count). The van der Waals surface area contributed by atoms with E-state index < -0.39 is 71.2 Å². The third-order valence-electron chi connectivity index (χ3n) is 7.78. The van der Waals surface area contributed by atoms with Crippen molar-refractivity contribution in [3.05, 3.63) is 48.8 Å². The predicted molar refractivity (Wildman–Crippen MR) is 168 cm³/mol. The van der Waals surface area contributed by atoms with E-state index in [1.165, 1.54) is 36.3 Å². The highest BCUT2D eigenvalue weighted by Crippen LogP contribution is 2.22. The number of pyridine rings is 1. The smallest absolute Gasteiger partial charge is 0.323 e. The average molecular weight is 697 g/mol. The highest BCUT2D eigenvalue weighted by atomic mass is 35.5. The summed E-state index contributed by atoms with van der Waals surface area (Å²) in [4.78, 5) is 73.9. The summed E-state index contributed by atoms with van der Waals surface area (Å²) in [5, 5.41) is 9.24. The molecule has 0 aliphatic carbocycles. The fourth-order valence-electron chi connectivity index (χ4n) is 5.32. The molecule has 2 N–H and O–H groups in total. The van der Waals surface area contributed by atoms with Crippen molar-refractivity contribution in [2.24, 2.45) is 0 Å². The van der Waals surface area contributed by atoms with E-state index in [1.54, 1.807) is 12.4 Å². The normalized spacial score (nSPS) is 17.4. The molecule has 47 heavy (non-hydrogen) atoms. The lowest BCUT2D eigenvalue weighted by Gasteiger charge is -2.41. The quantitative estimate of drug-likeness (QED) is 0.273. The van der Waals surface area contributed by atoms with E-state index in [0.717, 1.165) is 22.6 Å². The maximum atomic E-state index is 14.1. The van der Waals surface area contributed by atoms with Crippen LogP contribution in [0.4, 0.5) is 5.69 Å². The molecular formula is C29H37ClN6O10S. The number of carbonyl (C=O) groups excluding carboxylic acids is 4. The monoisotopic (exact) mass is 696 g/mol. The van der Waals surface area contributed by atoms with E-state index in [1.807, 2.05) is 12.1 Å². The number of carboxylic acids is 1. The lowest BCUT2D eigenvalue weighted by atomic mass is 10.0. The Morgan fingerprint density at radius 3 is 2.19 bits per heavy atom. The fourth-order valence-corrected chi connectivity index (χ4v) is 6.51. The Morgan fingerprint density at radius 1 is 0.979 bits per heavy atom. The Labute approximate surface area is 278 Å². The number of nitrogens with one attached hydrogen (secondary N) is 1. The van der Waals surface area contributed by atoms with Gasteiger partial charge in [-0.05, 0) is 36.4 Å². The van der Waals surface area contributed by atoms with Crippen LogP contribution in [-0.2, 0) is 38.7 Å². The number of anilines is 1. The molecule has 18 heteroatoms. The molecule has 2 atom stereocenters. The van der Waals surface area contributed by atoms with Gasteiger partial charge in [0.25, 0.3) is 0 Å². The molecular weight excluding hydrogens is 660 g/mol. The van der Waals surface area contributed by atoms with Gasteiger partial charge in [-0.1, -0.05) is 0 Å². The third kappa shape index (κ3) is 9.30. The number of aliphatic carboxylic acids is 1. The summed E-state index contributed by atoms with van der Waals surface area (Å²) in [5.41, 5.74) is 0.936. The van der Waals surface area contributed by atoms with Gasteiger partial charge in [-0.2, -0.15) is 4.72 Å². The van der Waals surface area contributed by atoms with Gasteiger partial charge < -0.3 is 34.2 Å². The van der Waals surface area contributed by atoms with Crippen molar-refractivity contribution in [3.8, 4) is 5.75 Å². The van der Waals surface area contributed by atoms with E-state index >= 15 is 0 Å². The van der Waals surface area contributed by atoms with Crippen molar-refractivity contribution >= 4 is 57.8 Å². The first-order valence-corrected chi connectivity index (χ1v) is 15.9. The van der Waals surface area contributed by atoms with Crippen LogP contribution in [-0.4, -0.2) is 135 Å². The average Bonchev–Trinajstić information content (AvgIpc) is 3.06. The van der Waals surface area contributed by atoms with Crippen LogP contribution in [0.1, 0.15) is 12.8 Å². The van der Waals surface area contributed by atoms with Crippen molar-refractivity contribution in [2.75, 3.05) is 64.9 Å². The zero-order valence-electron chi connectivity index (χ0n) is 25.8. The molecule has 2 fully saturated rings. The van der Waals surface area contributed by atoms with Gasteiger partial charge in [-0.25, -0.2) is 8.42 Å². The molecule has 0 unspecified atom stereocenters. The van der Waals surface area contributed by atoms with Crippen LogP contribution in [0.15, 0.2) is 53.7 Å². The van der Waals surface area contributed by atoms with Crippen LogP contribution in [0.5, 0.6) is 5.75 Å². The van der Waals surface area contributed by atoms with Crippen molar-refractivity contribution in [1.82, 2.24) is 24.4 Å². The van der Waals surface area contributed by atoms with Gasteiger partial charge >= 0.3 is 11.9 Å². The molecule has 2 aliphatic rings. The van der Waals surface area contributed by atoms with Crippen molar-refractivity contribution in [3.63, 3.8) is 0 Å². The number of hydrogen-bond acceptors (Lipinski definition) is 11. The summed E-state index contributed by atoms with van der Waals surface area (Å²) in [7, 11) is -1.87. The molecule has 0 spiro atoms. The Kier molecular flexibility index (Phi) is 12.9. The Morgan fingerprint density at radius 2 is 1.62 bits per heavy atom. The van der Waals surface area contributed by atoms with Gasteiger partial charge in [-0.15, -0.1) is 12.4 Å². The number of amides is 3. The molecule has 2 saturated heterocycles. The summed E-state index contributed by atoms with van der Waals surface area (Å²) in [5.74, 6) is -3.96. The second-order valence-corrected chi connectivity index (χ2v) is 12.3. The van der Waals surface area contributed by atoms with Crippen LogP contribution in [0, 0.1) is 0 Å². The second kappa shape index (κ2) is 16.4. The molecule has 256 valence electrons. The molecule has 0 radical (unpaired) electrons. The highest BCUT2D eigenvalue weighted by Gasteiger charge is 2.43. The number of nitrogens with zero attached hydrogens (tertiary/aromatic N) is 5. The number of halogens is 1. The molecule has 2 aliphatic heterocycles. The molecule has 3 heterocycles. The molecule has 0 bridgehead atoms. The topological polar surface area (TPSA) is 196 Å². The molecule has 3 amide bonds. The van der Waals surface area contributed by atoms with Crippen LogP contribution in [0.3, 0.4) is 0 Å². The SMILES string of the molecule is COC(=O)C[C@H]1C(=O)N(CC(=O)O)CCN1C(=O)[C@H](CC(=O)N1CCN(c2ccncc2)CC1)NS(=O)(=O)c1ccc(OC)cc1.Cl. The summed E-state index contributed by atoms with van der Waals surface area (Å²) >= 11 is 0. The maximum absolute atomic E-state index is 14.1. The summed E-state index contributed by atoms with van der Waals surface area (Å²) in [6.45, 7) is 0.558. The summed E-state index contributed by atoms with van der Waals surface area (Å²) in [6.07, 6.45) is 2.16. The number of sulfonamides is 1. The van der Waals surface area contributed by atoms with Crippen molar-refractivity contribution in [1.29, 1.82) is 0 Å². The first kappa shape index (κ1) is 37.0. The summed E-state index contributed by atoms with van der Waals surface area (Å²) in [6, 6.07) is 5.97. The van der Waals surface area contributed by atoms with E-state index in [-0.39, 0.29) is 30.4 Å². The lowest BCUT2D eigenvalue weighted by molar-refractivity contribution is -0.159. The van der Waals surface area contributed by atoms with Crippen molar-refractivity contribution < 1.29 is 47.0 Å². The van der Waals surface area contributed by atoms with Crippen molar-refractivity contribution in [2.45, 2.75) is 29.8 Å². The molecule has 0 saturated carbocycles. The van der Waals surface area contributed by atoms with E-state index in [4.69, 9.17) is 9.47 Å². The summed E-state index contributed by atoms with van der Waals surface area (Å²) < 4.78 is 39.0. The van der Waals surface area contributed by atoms with Crippen LogP contribution in [0.25, 0.3) is 0 Å². The molecule has 16 nitrogen and oxygen atoms in total. The Hall–Kier alpha value is -4.48.